The highest BCUT2D eigenvalue weighted by Gasteiger charge is 2.10. The van der Waals surface area contributed by atoms with E-state index < -0.39 is 0 Å². The summed E-state index contributed by atoms with van der Waals surface area (Å²) < 4.78 is 6.56. The molecule has 0 aliphatic heterocycles. The minimum absolute atomic E-state index is 0.338. The van der Waals surface area contributed by atoms with Crippen LogP contribution in [0.2, 0.25) is 5.02 Å². The minimum Gasteiger partial charge on any atom is -0.437 e. The Kier molecular flexibility index (Phi) is 3.46. The Morgan fingerprint density at radius 3 is 2.85 bits per heavy atom. The molecule has 0 spiro atoms. The summed E-state index contributed by atoms with van der Waals surface area (Å²) in [5, 5.41) is 1.24. The second-order valence-corrected chi connectivity index (χ2v) is 5.42. The van der Waals surface area contributed by atoms with Gasteiger partial charge in [-0.2, -0.15) is 0 Å². The Morgan fingerprint density at radius 1 is 1.20 bits per heavy atom. The maximum absolute atomic E-state index is 6.10. The molecule has 0 unspecified atom stereocenters. The average molecular weight is 351 g/mol. The molecule has 0 aliphatic rings. The number of halogens is 2. The van der Waals surface area contributed by atoms with Crippen LogP contribution in [-0.4, -0.2) is 9.97 Å². The number of fused-ring (bicyclic) bond motifs is 1. The summed E-state index contributed by atoms with van der Waals surface area (Å²) in [4.78, 5) is 8.40. The van der Waals surface area contributed by atoms with Gasteiger partial charge in [0, 0.05) is 22.3 Å². The van der Waals surface area contributed by atoms with E-state index in [4.69, 9.17) is 22.1 Å². The van der Waals surface area contributed by atoms with E-state index in [1.54, 1.807) is 30.6 Å². The van der Waals surface area contributed by atoms with E-state index in [0.717, 1.165) is 9.86 Å². The summed E-state index contributed by atoms with van der Waals surface area (Å²) in [5.74, 6) is 0.948. The molecule has 0 aliphatic carbocycles. The number of aromatic nitrogens is 2. The summed E-state index contributed by atoms with van der Waals surface area (Å²) in [5.41, 5.74) is 7.19. The van der Waals surface area contributed by atoms with Gasteiger partial charge in [-0.05, 0) is 46.3 Å². The number of nitrogens with zero attached hydrogens (tertiary/aromatic N) is 2. The number of nitrogens with two attached hydrogens (primary N) is 1. The second kappa shape index (κ2) is 5.26. The Balaban J connectivity index is 2.09. The van der Waals surface area contributed by atoms with Crippen LogP contribution in [0.5, 0.6) is 11.6 Å². The molecular weight excluding hydrogens is 342 g/mol. The lowest BCUT2D eigenvalue weighted by molar-refractivity contribution is 0.468. The van der Waals surface area contributed by atoms with Gasteiger partial charge in [-0.1, -0.05) is 11.6 Å². The number of ether oxygens (including phenoxy) is 1. The average Bonchev–Trinajstić information content (AvgIpc) is 2.45. The van der Waals surface area contributed by atoms with Crippen molar-refractivity contribution < 1.29 is 4.74 Å². The summed E-state index contributed by atoms with van der Waals surface area (Å²) in [6.07, 6.45) is 3.31. The van der Waals surface area contributed by atoms with Gasteiger partial charge in [0.15, 0.2) is 0 Å². The molecule has 1 aromatic carbocycles. The van der Waals surface area contributed by atoms with Crippen molar-refractivity contribution in [2.24, 2.45) is 0 Å². The van der Waals surface area contributed by atoms with Crippen molar-refractivity contribution in [3.8, 4) is 11.6 Å². The van der Waals surface area contributed by atoms with Gasteiger partial charge in [-0.15, -0.1) is 0 Å². The van der Waals surface area contributed by atoms with Crippen LogP contribution in [0, 0.1) is 0 Å². The van der Waals surface area contributed by atoms with Gasteiger partial charge in [0.2, 0.25) is 5.88 Å². The molecular formula is C14H9BrClN3O. The van der Waals surface area contributed by atoms with Gasteiger partial charge < -0.3 is 10.5 Å². The molecule has 2 N–H and O–H groups in total. The number of hydrogen-bond donors (Lipinski definition) is 1. The standard InChI is InChI=1S/C14H9BrClN3O/c15-8-6-10(16)14(19-7-8)20-12-4-3-11(17)13-9(12)2-1-5-18-13/h1-7H,17H2. The summed E-state index contributed by atoms with van der Waals surface area (Å²) in [6.45, 7) is 0. The van der Waals surface area contributed by atoms with Crippen molar-refractivity contribution in [3.05, 3.63) is 52.2 Å². The highest BCUT2D eigenvalue weighted by atomic mass is 79.9. The van der Waals surface area contributed by atoms with E-state index in [-0.39, 0.29) is 0 Å². The molecule has 3 rings (SSSR count). The zero-order valence-corrected chi connectivity index (χ0v) is 12.5. The van der Waals surface area contributed by atoms with Crippen molar-refractivity contribution >= 4 is 44.1 Å². The van der Waals surface area contributed by atoms with Crippen LogP contribution in [0.1, 0.15) is 0 Å². The molecule has 0 amide bonds. The monoisotopic (exact) mass is 349 g/mol. The van der Waals surface area contributed by atoms with Crippen molar-refractivity contribution in [2.45, 2.75) is 0 Å². The predicted molar refractivity (Wildman–Crippen MR) is 83.2 cm³/mol. The number of hydrogen-bond acceptors (Lipinski definition) is 4. The molecule has 0 saturated heterocycles. The van der Waals surface area contributed by atoms with E-state index in [9.17, 15) is 0 Å². The first-order valence-electron chi connectivity index (χ1n) is 5.77. The van der Waals surface area contributed by atoms with Crippen molar-refractivity contribution in [1.82, 2.24) is 9.97 Å². The molecule has 0 atom stereocenters. The largest absolute Gasteiger partial charge is 0.437 e. The van der Waals surface area contributed by atoms with Crippen molar-refractivity contribution in [3.63, 3.8) is 0 Å². The maximum Gasteiger partial charge on any atom is 0.238 e. The topological polar surface area (TPSA) is 61.0 Å². The molecule has 6 heteroatoms. The zero-order valence-electron chi connectivity index (χ0n) is 10.2. The third kappa shape index (κ3) is 2.42. The van der Waals surface area contributed by atoms with Gasteiger partial charge in [0.05, 0.1) is 11.2 Å². The van der Waals surface area contributed by atoms with E-state index >= 15 is 0 Å². The van der Waals surface area contributed by atoms with Gasteiger partial charge >= 0.3 is 0 Å². The van der Waals surface area contributed by atoms with Crippen LogP contribution in [0.4, 0.5) is 5.69 Å². The zero-order chi connectivity index (χ0) is 14.1. The van der Waals surface area contributed by atoms with Crippen molar-refractivity contribution in [2.75, 3.05) is 5.73 Å². The molecule has 20 heavy (non-hydrogen) atoms. The number of rotatable bonds is 2. The Bertz CT molecular complexity index is 794. The van der Waals surface area contributed by atoms with Crippen LogP contribution in [0.3, 0.4) is 0 Å². The van der Waals surface area contributed by atoms with Gasteiger partial charge in [-0.25, -0.2) is 4.98 Å². The fourth-order valence-electron chi connectivity index (χ4n) is 1.84. The lowest BCUT2D eigenvalue weighted by Crippen LogP contribution is -1.94. The van der Waals surface area contributed by atoms with E-state index in [1.165, 1.54) is 0 Å². The molecule has 4 nitrogen and oxygen atoms in total. The van der Waals surface area contributed by atoms with Gasteiger partial charge in [0.1, 0.15) is 10.8 Å². The number of nitrogen functional groups attached to an aromatic ring is 1. The second-order valence-electron chi connectivity index (χ2n) is 4.10. The first-order valence-corrected chi connectivity index (χ1v) is 6.94. The quantitative estimate of drug-likeness (QED) is 0.695. The van der Waals surface area contributed by atoms with E-state index in [2.05, 4.69) is 25.9 Å². The number of benzene rings is 1. The first kappa shape index (κ1) is 13.1. The van der Waals surface area contributed by atoms with Gasteiger partial charge in [0.25, 0.3) is 0 Å². The lowest BCUT2D eigenvalue weighted by atomic mass is 10.2. The molecule has 3 aromatic rings. The summed E-state index contributed by atoms with van der Waals surface area (Å²) in [7, 11) is 0. The normalized spacial score (nSPS) is 10.7. The summed E-state index contributed by atoms with van der Waals surface area (Å²) >= 11 is 9.41. The highest BCUT2D eigenvalue weighted by molar-refractivity contribution is 9.10. The van der Waals surface area contributed by atoms with Crippen LogP contribution in [0.15, 0.2) is 47.2 Å². The van der Waals surface area contributed by atoms with Crippen LogP contribution in [-0.2, 0) is 0 Å². The Labute approximate surface area is 128 Å². The molecule has 0 saturated carbocycles. The third-order valence-corrected chi connectivity index (χ3v) is 3.45. The number of pyridine rings is 2. The molecule has 0 bridgehead atoms. The fraction of sp³-hybridized carbons (Fsp3) is 0. The van der Waals surface area contributed by atoms with E-state index in [1.807, 2.05) is 12.1 Å². The smallest absolute Gasteiger partial charge is 0.238 e. The number of anilines is 1. The van der Waals surface area contributed by atoms with Crippen LogP contribution >= 0.6 is 27.5 Å². The fourth-order valence-corrected chi connectivity index (χ4v) is 2.51. The van der Waals surface area contributed by atoms with Crippen LogP contribution in [0.25, 0.3) is 10.9 Å². The first-order chi connectivity index (χ1) is 9.65. The highest BCUT2D eigenvalue weighted by Crippen LogP contribution is 2.34. The molecule has 2 heterocycles. The SMILES string of the molecule is Nc1ccc(Oc2ncc(Br)cc2Cl)c2cccnc12. The van der Waals surface area contributed by atoms with Crippen molar-refractivity contribution in [1.29, 1.82) is 0 Å². The van der Waals surface area contributed by atoms with E-state index in [0.29, 0.717) is 27.9 Å². The van der Waals surface area contributed by atoms with Crippen LogP contribution < -0.4 is 10.5 Å². The maximum atomic E-state index is 6.10. The molecule has 100 valence electrons. The lowest BCUT2D eigenvalue weighted by Gasteiger charge is -2.10. The predicted octanol–water partition coefficient (Wildman–Crippen LogP) is 4.42. The molecule has 0 radical (unpaired) electrons. The van der Waals surface area contributed by atoms with Gasteiger partial charge in [-0.3, -0.25) is 4.98 Å². The Morgan fingerprint density at radius 2 is 2.05 bits per heavy atom. The third-order valence-electron chi connectivity index (χ3n) is 2.74. The minimum atomic E-state index is 0.338. The summed E-state index contributed by atoms with van der Waals surface area (Å²) in [6, 6.07) is 8.96. The molecule has 0 fully saturated rings. The molecule has 2 aromatic heterocycles. The Hall–Kier alpha value is -1.85.